The number of hydrogen-bond acceptors (Lipinski definition) is 26. The van der Waals surface area contributed by atoms with Crippen molar-refractivity contribution in [3.8, 4) is 0 Å². The Morgan fingerprint density at radius 1 is 0.412 bits per heavy atom. The van der Waals surface area contributed by atoms with Crippen LogP contribution < -0.4 is 0 Å². The third kappa shape index (κ3) is 15.3. The Balaban J connectivity index is 0.000000132. The lowest BCUT2D eigenvalue weighted by molar-refractivity contribution is -0.169. The van der Waals surface area contributed by atoms with E-state index < -0.39 is 235 Å². The molecule has 0 amide bonds. The van der Waals surface area contributed by atoms with E-state index in [1.165, 1.54) is 6.92 Å². The van der Waals surface area contributed by atoms with Crippen LogP contribution in [0.25, 0.3) is 0 Å². The highest BCUT2D eigenvalue weighted by Crippen LogP contribution is 2.64. The number of carbonyl (C=O) groups is 5. The molecular formula is C56H74F10O26S5. The lowest BCUT2D eigenvalue weighted by Gasteiger charge is -2.37. The van der Waals surface area contributed by atoms with E-state index in [-0.39, 0.29) is 66.8 Å². The number of esters is 5. The number of carbonyl (C=O) groups excluding carboxylic acids is 5. The lowest BCUT2D eigenvalue weighted by atomic mass is 9.70. The van der Waals surface area contributed by atoms with Gasteiger partial charge in [0.2, 0.25) is 0 Å². The first-order chi connectivity index (χ1) is 44.0. The highest BCUT2D eigenvalue weighted by atomic mass is 32.2. The van der Waals surface area contributed by atoms with Gasteiger partial charge in [-0.25, -0.2) is 43.9 Å². The molecule has 7 heterocycles. The van der Waals surface area contributed by atoms with Crippen molar-refractivity contribution in [3.05, 3.63) is 0 Å². The third-order valence-corrected chi connectivity index (χ3v) is 29.6. The maximum absolute atomic E-state index is 12.7. The van der Waals surface area contributed by atoms with Gasteiger partial charge in [-0.15, -0.1) is 0 Å². The van der Waals surface area contributed by atoms with E-state index in [1.807, 2.05) is 0 Å². The predicted octanol–water partition coefficient (Wildman–Crippen LogP) is 4.99. The molecule has 554 valence electrons. The fraction of sp³-hybridized carbons (Fsp3) is 0.911. The number of hydrogen-bond donors (Lipinski definition) is 0. The SMILES string of the molecule is CC(F)(F)COC(=O)C1C2CC3C(O2)C1OS3(=O)=O.CC(F)(F)COC(=O)C1C2CC3C1OS(=O)(=O)C3C2.CC(F)(F)COC(=O)C1C2CC3C1S(=O)(=O)OC3(C)C2.CC(F)(F)COC(=O)C1C2CC3OS(=O)(=O)C1C3C2.CC1CC2CC(C)(OS2(=O)=O)C1C(=O)OCC(C)(F)F. The van der Waals surface area contributed by atoms with Crippen molar-refractivity contribution < 1.29 is 159 Å². The second-order valence-electron chi connectivity index (χ2n) is 29.0. The van der Waals surface area contributed by atoms with Crippen LogP contribution in [0.15, 0.2) is 0 Å². The number of rotatable bonds is 15. The molecule has 7 aliphatic carbocycles. The maximum atomic E-state index is 12.7. The van der Waals surface area contributed by atoms with Gasteiger partial charge in [-0.1, -0.05) is 6.92 Å². The molecule has 97 heavy (non-hydrogen) atoms. The van der Waals surface area contributed by atoms with Crippen molar-refractivity contribution in [1.82, 2.24) is 0 Å². The zero-order chi connectivity index (χ0) is 72.3. The van der Waals surface area contributed by atoms with Crippen molar-refractivity contribution in [2.24, 2.45) is 71.0 Å². The minimum atomic E-state index is -3.83. The van der Waals surface area contributed by atoms with Crippen LogP contribution in [-0.2, 0) is 124 Å². The summed E-state index contributed by atoms with van der Waals surface area (Å²) in [6, 6.07) is 0. The molecule has 24 unspecified atom stereocenters. The van der Waals surface area contributed by atoms with Crippen LogP contribution in [0.1, 0.15) is 113 Å². The Labute approximate surface area is 552 Å². The van der Waals surface area contributed by atoms with Gasteiger partial charge in [0, 0.05) is 52.4 Å². The number of alkyl halides is 10. The van der Waals surface area contributed by atoms with Crippen LogP contribution in [0.4, 0.5) is 43.9 Å². The van der Waals surface area contributed by atoms with Crippen molar-refractivity contribution in [2.75, 3.05) is 33.0 Å². The lowest BCUT2D eigenvalue weighted by Crippen LogP contribution is -2.47. The first-order valence-corrected chi connectivity index (χ1v) is 38.4. The summed E-state index contributed by atoms with van der Waals surface area (Å²) in [6.07, 6.45) is 0.383. The summed E-state index contributed by atoms with van der Waals surface area (Å²) < 4.78 is 298. The van der Waals surface area contributed by atoms with Gasteiger partial charge in [-0.3, -0.25) is 44.9 Å². The van der Waals surface area contributed by atoms with E-state index in [1.54, 1.807) is 13.8 Å². The van der Waals surface area contributed by atoms with Gasteiger partial charge in [0.05, 0.1) is 63.7 Å². The third-order valence-electron chi connectivity index (χ3n) is 20.6. The van der Waals surface area contributed by atoms with Crippen LogP contribution >= 0.6 is 0 Å². The first kappa shape index (κ1) is 75.8. The number of ether oxygens (including phenoxy) is 6. The standard InChI is InChI=1S/C12H16F2O5S.C12H18F2O5S.2C11H14F2O5S.C10H12F2O6S/c1-11-4-6-3-7(11)9(20(16,17)19-11)8(6)10(15)18-5-12(2,13)14;1-7-4-8-5-11(2,19-20(8,16)17)9(7)10(15)18-6-12(3,13)14;1-11(12,13)4-17-10(14)8-5-2-6-7(3-5)19(15,16)18-9(6)8;1-11(12,13)4-17-10(14)8-5-2-6-7(3-5)18-19(15,16)9(6)8;1-10(11,12)3-16-9(13)6-4-2-5-7(17-4)8(6)18-19(5,14)15/h6-9H,3-5H2,1-2H3;7-9H,4-6H2,1-3H3;2*5-9H,2-4H2,1H3;4-8H,2-3H2,1H3. The molecule has 0 aromatic rings. The molecule has 26 nitrogen and oxygen atoms in total. The number of fused-ring (bicyclic) bond motifs is 6. The van der Waals surface area contributed by atoms with Gasteiger partial charge in [-0.05, 0) is 95.3 Å². The Bertz CT molecular complexity index is 3610. The van der Waals surface area contributed by atoms with Gasteiger partial charge >= 0.3 is 29.8 Å². The quantitative estimate of drug-likeness (QED) is 0.0901. The minimum Gasteiger partial charge on any atom is -0.459 e. The Morgan fingerprint density at radius 2 is 0.856 bits per heavy atom. The van der Waals surface area contributed by atoms with Crippen LogP contribution in [-0.4, -0.2) is 203 Å². The van der Waals surface area contributed by atoms with E-state index in [9.17, 15) is 110 Å². The average molecular weight is 1510 g/mol. The summed E-state index contributed by atoms with van der Waals surface area (Å²) in [4.78, 5) is 59.5. The van der Waals surface area contributed by atoms with Crippen LogP contribution in [0, 0.1) is 71.0 Å². The van der Waals surface area contributed by atoms with Crippen LogP contribution in [0.3, 0.4) is 0 Å². The zero-order valence-electron chi connectivity index (χ0n) is 53.0. The number of halogens is 10. The van der Waals surface area contributed by atoms with Gasteiger partial charge in [-0.2, -0.15) is 42.1 Å². The fourth-order valence-electron chi connectivity index (χ4n) is 17.3. The molecule has 14 aliphatic rings. The summed E-state index contributed by atoms with van der Waals surface area (Å²) >= 11 is 0. The highest BCUT2D eigenvalue weighted by Gasteiger charge is 2.73. The van der Waals surface area contributed by atoms with Crippen LogP contribution in [0.2, 0.25) is 0 Å². The summed E-state index contributed by atoms with van der Waals surface area (Å²) in [7, 11) is -18.6. The van der Waals surface area contributed by atoms with Crippen molar-refractivity contribution in [3.63, 3.8) is 0 Å². The molecule has 0 spiro atoms. The normalized spacial score (nSPS) is 42.4. The highest BCUT2D eigenvalue weighted by molar-refractivity contribution is 7.88. The van der Waals surface area contributed by atoms with E-state index in [0.717, 1.165) is 0 Å². The summed E-state index contributed by atoms with van der Waals surface area (Å²) in [5.41, 5.74) is -1.93. The summed E-state index contributed by atoms with van der Waals surface area (Å²) in [5.74, 6) is -25.3. The summed E-state index contributed by atoms with van der Waals surface area (Å²) in [6.45, 7) is 3.13. The van der Waals surface area contributed by atoms with Gasteiger partial charge in [0.15, 0.2) is 33.0 Å². The molecular weight excluding hydrogens is 1440 g/mol. The van der Waals surface area contributed by atoms with E-state index in [0.29, 0.717) is 73.1 Å². The maximum Gasteiger partial charge on any atom is 0.314 e. The van der Waals surface area contributed by atoms with E-state index >= 15 is 0 Å². The topological polar surface area (TPSA) is 358 Å². The van der Waals surface area contributed by atoms with Crippen LogP contribution in [0.5, 0.6) is 0 Å². The largest absolute Gasteiger partial charge is 0.459 e. The van der Waals surface area contributed by atoms with E-state index in [4.69, 9.17) is 25.7 Å². The monoisotopic (exact) mass is 1510 g/mol. The smallest absolute Gasteiger partial charge is 0.314 e. The van der Waals surface area contributed by atoms with E-state index in [2.05, 4.69) is 23.7 Å². The molecule has 24 atom stereocenters. The minimum absolute atomic E-state index is 0.129. The molecule has 0 aromatic heterocycles. The van der Waals surface area contributed by atoms with Crippen molar-refractivity contribution in [2.45, 2.75) is 211 Å². The first-order valence-electron chi connectivity index (χ1n) is 31.1. The molecule has 0 aromatic carbocycles. The van der Waals surface area contributed by atoms with Gasteiger partial charge in [0.25, 0.3) is 80.2 Å². The second kappa shape index (κ2) is 25.2. The zero-order valence-corrected chi connectivity index (χ0v) is 57.1. The Hall–Kier alpha value is -3.84. The molecule has 10 bridgehead atoms. The Kier molecular flexibility index (Phi) is 19.7. The predicted molar refractivity (Wildman–Crippen MR) is 303 cm³/mol. The fourth-order valence-corrected chi connectivity index (χ4v) is 27.1. The van der Waals surface area contributed by atoms with Gasteiger partial charge in [0.1, 0.15) is 33.9 Å². The van der Waals surface area contributed by atoms with Crippen molar-refractivity contribution in [1.29, 1.82) is 0 Å². The molecule has 0 radical (unpaired) electrons. The second-order valence-corrected chi connectivity index (χ2v) is 37.8. The molecule has 41 heteroatoms. The molecule has 7 saturated carbocycles. The average Bonchev–Trinajstić information content (AvgIpc) is 1.54. The molecule has 14 rings (SSSR count). The van der Waals surface area contributed by atoms with Gasteiger partial charge < -0.3 is 28.4 Å². The Morgan fingerprint density at radius 3 is 1.38 bits per heavy atom. The molecule has 7 aliphatic heterocycles. The molecule has 0 N–H and O–H groups in total. The molecule has 7 saturated heterocycles. The molecule has 14 fully saturated rings. The summed E-state index contributed by atoms with van der Waals surface area (Å²) in [5, 5.41) is -3.75. The van der Waals surface area contributed by atoms with Crippen molar-refractivity contribution >= 4 is 80.4 Å².